The molecule has 0 unspecified atom stereocenters. The molecule has 0 aliphatic heterocycles. The Labute approximate surface area is 101 Å². The molecule has 2 nitrogen and oxygen atoms in total. The van der Waals surface area contributed by atoms with Crippen LogP contribution in [0, 0.1) is 0 Å². The molecule has 1 aromatic rings. The molecule has 0 saturated carbocycles. The topological polar surface area (TPSA) is 29.3 Å². The van der Waals surface area contributed by atoms with E-state index in [9.17, 15) is 0 Å². The molecule has 0 bridgehead atoms. The molecule has 2 N–H and O–H groups in total. The summed E-state index contributed by atoms with van der Waals surface area (Å²) < 4.78 is 1.46. The van der Waals surface area contributed by atoms with Crippen LogP contribution in [-0.4, -0.2) is 43.2 Å². The van der Waals surface area contributed by atoms with Gasteiger partial charge in [-0.3, -0.25) is 0 Å². The molecule has 0 amide bonds. The standard InChI is InChI=1S/C11H17N2.Bi/c1-3-13(2)9-11-6-4-5-10(7-11)8-12;/h4-5,7H,3,8-9,12H2,1-2H3;. The Bertz CT molecular complexity index is 299. The molecule has 0 aromatic heterocycles. The summed E-state index contributed by atoms with van der Waals surface area (Å²) in [5.41, 5.74) is 8.30. The second-order valence-electron chi connectivity index (χ2n) is 3.50. The van der Waals surface area contributed by atoms with Crippen LogP contribution in [-0.2, 0) is 13.1 Å². The SMILES string of the molecule is CCN(C)Cc1cc(CN)cc[c]1[Bi]. The number of hydrogen-bond donors (Lipinski definition) is 1. The van der Waals surface area contributed by atoms with Gasteiger partial charge in [0.25, 0.3) is 0 Å². The zero-order valence-corrected chi connectivity index (χ0v) is 12.3. The predicted molar refractivity (Wildman–Crippen MR) is 61.7 cm³/mol. The van der Waals surface area contributed by atoms with Crippen LogP contribution in [0.15, 0.2) is 18.2 Å². The molecule has 1 aromatic carbocycles. The minimum atomic E-state index is 0.640. The second-order valence-corrected chi connectivity index (χ2v) is 5.37. The first-order chi connectivity index (χ1) is 6.67. The van der Waals surface area contributed by atoms with Crippen molar-refractivity contribution in [1.82, 2.24) is 4.90 Å². The van der Waals surface area contributed by atoms with Gasteiger partial charge in [0, 0.05) is 0 Å². The predicted octanol–water partition coefficient (Wildman–Crippen LogP) is 0.391. The van der Waals surface area contributed by atoms with Gasteiger partial charge in [0.05, 0.1) is 0 Å². The zero-order valence-electron chi connectivity index (χ0n) is 8.83. The van der Waals surface area contributed by atoms with Gasteiger partial charge in [-0.05, 0) is 0 Å². The van der Waals surface area contributed by atoms with Gasteiger partial charge in [0.15, 0.2) is 0 Å². The van der Waals surface area contributed by atoms with Crippen molar-refractivity contribution in [3.8, 4) is 0 Å². The van der Waals surface area contributed by atoms with Crippen molar-refractivity contribution in [2.24, 2.45) is 5.73 Å². The van der Waals surface area contributed by atoms with Gasteiger partial charge in [0.1, 0.15) is 0 Å². The molecule has 0 aliphatic carbocycles. The maximum atomic E-state index is 5.63. The average Bonchev–Trinajstić information content (AvgIpc) is 2.21. The van der Waals surface area contributed by atoms with E-state index in [0.29, 0.717) is 6.54 Å². The van der Waals surface area contributed by atoms with Gasteiger partial charge in [-0.15, -0.1) is 0 Å². The van der Waals surface area contributed by atoms with Gasteiger partial charge in [0.2, 0.25) is 0 Å². The van der Waals surface area contributed by atoms with Crippen LogP contribution in [0.3, 0.4) is 0 Å². The van der Waals surface area contributed by atoms with E-state index in [1.165, 1.54) is 39.1 Å². The second kappa shape index (κ2) is 5.80. The first-order valence-corrected chi connectivity index (χ1v) is 6.60. The van der Waals surface area contributed by atoms with Gasteiger partial charge in [-0.1, -0.05) is 0 Å². The van der Waals surface area contributed by atoms with Gasteiger partial charge >= 0.3 is 102 Å². The fourth-order valence-corrected chi connectivity index (χ4v) is 2.11. The molecular weight excluding hydrogens is 369 g/mol. The van der Waals surface area contributed by atoms with Crippen LogP contribution in [0.25, 0.3) is 0 Å². The third-order valence-electron chi connectivity index (χ3n) is 2.36. The molecule has 2 radical (unpaired) electrons. The van der Waals surface area contributed by atoms with E-state index in [4.69, 9.17) is 5.73 Å². The van der Waals surface area contributed by atoms with Crippen molar-refractivity contribution in [1.29, 1.82) is 0 Å². The summed E-state index contributed by atoms with van der Waals surface area (Å²) in [4.78, 5) is 2.31. The fourth-order valence-electron chi connectivity index (χ4n) is 1.30. The number of nitrogens with zero attached hydrogens (tertiary/aromatic N) is 1. The van der Waals surface area contributed by atoms with E-state index in [1.807, 2.05) is 0 Å². The first-order valence-electron chi connectivity index (χ1n) is 4.86. The summed E-state index contributed by atoms with van der Waals surface area (Å²) in [5.74, 6) is 0. The summed E-state index contributed by atoms with van der Waals surface area (Å²) in [6, 6.07) is 6.57. The quantitative estimate of drug-likeness (QED) is 0.759. The third kappa shape index (κ3) is 3.31. The summed E-state index contributed by atoms with van der Waals surface area (Å²) in [6.07, 6.45) is 0. The monoisotopic (exact) mass is 386 g/mol. The van der Waals surface area contributed by atoms with Crippen molar-refractivity contribution in [3.05, 3.63) is 29.3 Å². The number of rotatable bonds is 4. The molecule has 3 heteroatoms. The average molecular weight is 386 g/mol. The van der Waals surface area contributed by atoms with Crippen LogP contribution in [0.2, 0.25) is 0 Å². The van der Waals surface area contributed by atoms with Crippen molar-refractivity contribution >= 4 is 28.0 Å². The molecule has 0 heterocycles. The minimum absolute atomic E-state index is 0.640. The third-order valence-corrected chi connectivity index (χ3v) is 4.06. The van der Waals surface area contributed by atoms with E-state index in [1.54, 1.807) is 0 Å². The Balaban J connectivity index is 2.83. The van der Waals surface area contributed by atoms with Crippen LogP contribution >= 0.6 is 0 Å². The van der Waals surface area contributed by atoms with E-state index in [0.717, 1.165) is 13.1 Å². The zero-order chi connectivity index (χ0) is 10.6. The molecule has 1 rings (SSSR count). The van der Waals surface area contributed by atoms with Crippen molar-refractivity contribution in [2.45, 2.75) is 20.0 Å². The molecule has 76 valence electrons. The Morgan fingerprint density at radius 2 is 2.14 bits per heavy atom. The summed E-state index contributed by atoms with van der Waals surface area (Å²) in [7, 11) is 2.15. The van der Waals surface area contributed by atoms with Gasteiger partial charge in [-0.25, -0.2) is 0 Å². The summed E-state index contributed by atoms with van der Waals surface area (Å²) >= 11 is 1.32. The van der Waals surface area contributed by atoms with Crippen molar-refractivity contribution in [2.75, 3.05) is 13.6 Å². The summed E-state index contributed by atoms with van der Waals surface area (Å²) in [6.45, 7) is 4.94. The normalized spacial score (nSPS) is 10.9. The molecule has 0 aliphatic rings. The van der Waals surface area contributed by atoms with Gasteiger partial charge < -0.3 is 0 Å². The first kappa shape index (κ1) is 12.1. The van der Waals surface area contributed by atoms with E-state index >= 15 is 0 Å². The Morgan fingerprint density at radius 1 is 1.43 bits per heavy atom. The van der Waals surface area contributed by atoms with Crippen LogP contribution in [0.1, 0.15) is 18.1 Å². The Kier molecular flexibility index (Phi) is 5.01. The van der Waals surface area contributed by atoms with E-state index < -0.39 is 0 Å². The number of hydrogen-bond acceptors (Lipinski definition) is 2. The molecule has 0 fully saturated rings. The maximum absolute atomic E-state index is 5.63. The number of nitrogens with two attached hydrogens (primary N) is 1. The Hall–Kier alpha value is 0.0231. The van der Waals surface area contributed by atoms with Crippen LogP contribution in [0.5, 0.6) is 0 Å². The Morgan fingerprint density at radius 3 is 2.71 bits per heavy atom. The molecule has 0 atom stereocenters. The fraction of sp³-hybridized carbons (Fsp3) is 0.455. The van der Waals surface area contributed by atoms with E-state index in [-0.39, 0.29) is 0 Å². The molecule has 0 spiro atoms. The van der Waals surface area contributed by atoms with Crippen molar-refractivity contribution < 1.29 is 0 Å². The molecular formula is C11H17BiN2. The molecule has 14 heavy (non-hydrogen) atoms. The van der Waals surface area contributed by atoms with Crippen LogP contribution in [0.4, 0.5) is 0 Å². The number of benzene rings is 1. The summed E-state index contributed by atoms with van der Waals surface area (Å²) in [5, 5.41) is 0. The van der Waals surface area contributed by atoms with E-state index in [2.05, 4.69) is 37.1 Å². The van der Waals surface area contributed by atoms with Crippen molar-refractivity contribution in [3.63, 3.8) is 0 Å². The van der Waals surface area contributed by atoms with Gasteiger partial charge in [-0.2, -0.15) is 0 Å². The van der Waals surface area contributed by atoms with Crippen LogP contribution < -0.4 is 9.01 Å². The molecule has 0 saturated heterocycles.